The number of fused-ring (bicyclic) bond motifs is 1. The summed E-state index contributed by atoms with van der Waals surface area (Å²) in [6, 6.07) is 9.07. The third-order valence-electron chi connectivity index (χ3n) is 2.63. The first-order chi connectivity index (χ1) is 9.61. The Morgan fingerprint density at radius 2 is 2.00 bits per heavy atom. The molecule has 0 aromatic heterocycles. The van der Waals surface area contributed by atoms with Gasteiger partial charge >= 0.3 is 0 Å². The average Bonchev–Trinajstić information content (AvgIpc) is 2.42. The van der Waals surface area contributed by atoms with Gasteiger partial charge in [0.05, 0.1) is 10.6 Å². The van der Waals surface area contributed by atoms with Crippen LogP contribution in [0.1, 0.15) is 0 Å². The van der Waals surface area contributed by atoms with Crippen LogP contribution in [-0.4, -0.2) is 11.1 Å². The van der Waals surface area contributed by atoms with Gasteiger partial charge in [-0.05, 0) is 30.3 Å². The van der Waals surface area contributed by atoms with Gasteiger partial charge in [0, 0.05) is 28.7 Å². The highest BCUT2D eigenvalue weighted by molar-refractivity contribution is 7.98. The smallest absolute Gasteiger partial charge is 0.212 e. The highest BCUT2D eigenvalue weighted by atomic mass is 35.5. The number of halogens is 2. The summed E-state index contributed by atoms with van der Waals surface area (Å²) in [5.74, 6) is 0.195. The summed E-state index contributed by atoms with van der Waals surface area (Å²) in [5, 5.41) is 16.3. The number of hydrogen-bond acceptors (Lipinski definition) is 5. The van der Waals surface area contributed by atoms with Crippen LogP contribution in [0.25, 0.3) is 0 Å². The number of nitrogens with zero attached hydrogens (tertiary/aromatic N) is 1. The monoisotopic (exact) mass is 309 g/mol. The van der Waals surface area contributed by atoms with E-state index in [9.17, 15) is 9.50 Å². The fourth-order valence-corrected chi connectivity index (χ4v) is 2.71. The van der Waals surface area contributed by atoms with Gasteiger partial charge in [-0.25, -0.2) is 4.39 Å². The van der Waals surface area contributed by atoms with Gasteiger partial charge in [-0.2, -0.15) is 4.40 Å². The molecule has 0 unspecified atom stereocenters. The summed E-state index contributed by atoms with van der Waals surface area (Å²) in [7, 11) is 0. The number of phenolic OH excluding ortho intramolecular Hbond substituents is 1. The van der Waals surface area contributed by atoms with Crippen molar-refractivity contribution in [1.29, 1.82) is 0 Å². The molecule has 1 heterocycles. The third-order valence-corrected chi connectivity index (χ3v) is 3.64. The molecule has 0 aliphatic carbocycles. The van der Waals surface area contributed by atoms with Gasteiger partial charge in [-0.3, -0.25) is 0 Å². The average molecular weight is 310 g/mol. The van der Waals surface area contributed by atoms with Crippen molar-refractivity contribution < 1.29 is 9.50 Å². The number of benzene rings is 2. The Labute approximate surface area is 123 Å². The van der Waals surface area contributed by atoms with E-state index in [1.807, 2.05) is 0 Å². The Balaban J connectivity index is 1.81. The Morgan fingerprint density at radius 1 is 1.25 bits per heavy atom. The van der Waals surface area contributed by atoms with E-state index in [0.717, 1.165) is 4.90 Å². The van der Waals surface area contributed by atoms with Crippen LogP contribution < -0.4 is 10.6 Å². The van der Waals surface area contributed by atoms with Gasteiger partial charge in [0.15, 0.2) is 0 Å². The molecule has 0 radical (unpaired) electrons. The van der Waals surface area contributed by atoms with E-state index in [1.54, 1.807) is 18.2 Å². The van der Waals surface area contributed by atoms with Crippen LogP contribution in [0.5, 0.6) is 5.75 Å². The topological polar surface area (TPSA) is 56.6 Å². The second-order valence-electron chi connectivity index (χ2n) is 4.09. The van der Waals surface area contributed by atoms with Crippen LogP contribution in [0.3, 0.4) is 0 Å². The van der Waals surface area contributed by atoms with Crippen molar-refractivity contribution in [1.82, 2.24) is 0 Å². The lowest BCUT2D eigenvalue weighted by Gasteiger charge is -2.19. The Bertz CT molecular complexity index is 691. The molecule has 7 heteroatoms. The van der Waals surface area contributed by atoms with E-state index in [0.29, 0.717) is 22.4 Å². The molecule has 1 aliphatic heterocycles. The van der Waals surface area contributed by atoms with Gasteiger partial charge in [0.25, 0.3) is 0 Å². The molecular weight excluding hydrogens is 301 g/mol. The zero-order valence-corrected chi connectivity index (χ0v) is 11.6. The number of hydrogen-bond donors (Lipinski definition) is 3. The Hall–Kier alpha value is -1.92. The van der Waals surface area contributed by atoms with E-state index >= 15 is 0 Å². The fourth-order valence-electron chi connectivity index (χ4n) is 1.73. The zero-order valence-electron chi connectivity index (χ0n) is 10.0. The maximum atomic E-state index is 12.8. The molecule has 2 aromatic rings. The van der Waals surface area contributed by atoms with Gasteiger partial charge in [-0.1, -0.05) is 11.6 Å². The van der Waals surface area contributed by atoms with Crippen LogP contribution in [0.2, 0.25) is 5.02 Å². The summed E-state index contributed by atoms with van der Waals surface area (Å²) >= 11 is 7.05. The number of anilines is 2. The van der Waals surface area contributed by atoms with Crippen molar-refractivity contribution in [3.8, 4) is 5.75 Å². The molecule has 0 amide bonds. The molecule has 102 valence electrons. The molecule has 3 rings (SSSR count). The van der Waals surface area contributed by atoms with Gasteiger partial charge < -0.3 is 15.7 Å². The van der Waals surface area contributed by atoms with Gasteiger partial charge in [0.2, 0.25) is 5.96 Å². The molecule has 0 bridgehead atoms. The summed E-state index contributed by atoms with van der Waals surface area (Å²) < 4.78 is 17.0. The van der Waals surface area contributed by atoms with Gasteiger partial charge in [-0.15, -0.1) is 0 Å². The number of guanidine groups is 1. The molecule has 3 N–H and O–H groups in total. The van der Waals surface area contributed by atoms with E-state index in [1.165, 1.54) is 30.1 Å². The first-order valence-corrected chi connectivity index (χ1v) is 6.84. The highest BCUT2D eigenvalue weighted by Gasteiger charge is 2.17. The minimum Gasteiger partial charge on any atom is -0.506 e. The molecular formula is C13H9ClFN3OS. The van der Waals surface area contributed by atoms with Crippen molar-refractivity contribution in [2.24, 2.45) is 4.40 Å². The first kappa shape index (κ1) is 13.1. The van der Waals surface area contributed by atoms with E-state index in [4.69, 9.17) is 11.6 Å². The molecule has 0 saturated carbocycles. The van der Waals surface area contributed by atoms with Crippen LogP contribution in [0.4, 0.5) is 15.8 Å². The summed E-state index contributed by atoms with van der Waals surface area (Å²) in [5.41, 5.74) is 1.23. The standard InChI is InChI=1S/C13H9ClFN3OS/c14-7-5-10(19)12-11(6-7)20-18-13(17-12)16-9-3-1-8(15)2-4-9/h1-6,19H,(H2,16,17,18). The first-order valence-electron chi connectivity index (χ1n) is 5.69. The summed E-state index contributed by atoms with van der Waals surface area (Å²) in [6.45, 7) is 0. The van der Waals surface area contributed by atoms with E-state index in [2.05, 4.69) is 15.0 Å². The Morgan fingerprint density at radius 3 is 2.75 bits per heavy atom. The molecule has 4 nitrogen and oxygen atoms in total. The highest BCUT2D eigenvalue weighted by Crippen LogP contribution is 2.40. The number of nitrogens with one attached hydrogen (secondary N) is 2. The van der Waals surface area contributed by atoms with Crippen LogP contribution >= 0.6 is 23.5 Å². The van der Waals surface area contributed by atoms with Crippen LogP contribution in [-0.2, 0) is 0 Å². The number of phenols is 1. The predicted octanol–water partition coefficient (Wildman–Crippen LogP) is 4.09. The van der Waals surface area contributed by atoms with Crippen molar-refractivity contribution in [2.75, 3.05) is 10.6 Å². The SMILES string of the molecule is Oc1cc(Cl)cc2c1NC(Nc1ccc(F)cc1)=NS2. The maximum absolute atomic E-state index is 12.8. The molecule has 20 heavy (non-hydrogen) atoms. The normalized spacial score (nSPS) is 13.2. The summed E-state index contributed by atoms with van der Waals surface area (Å²) in [4.78, 5) is 0.736. The van der Waals surface area contributed by atoms with Crippen molar-refractivity contribution >= 4 is 40.9 Å². The van der Waals surface area contributed by atoms with E-state index in [-0.39, 0.29) is 11.6 Å². The maximum Gasteiger partial charge on any atom is 0.212 e. The van der Waals surface area contributed by atoms with Crippen molar-refractivity contribution in [2.45, 2.75) is 4.90 Å². The molecule has 0 atom stereocenters. The molecule has 2 aromatic carbocycles. The third kappa shape index (κ3) is 2.66. The van der Waals surface area contributed by atoms with Crippen molar-refractivity contribution in [3.05, 3.63) is 47.2 Å². The molecule has 0 spiro atoms. The second kappa shape index (κ2) is 5.22. The lowest BCUT2D eigenvalue weighted by Crippen LogP contribution is -2.23. The number of rotatable bonds is 1. The van der Waals surface area contributed by atoms with Gasteiger partial charge in [0.1, 0.15) is 11.6 Å². The van der Waals surface area contributed by atoms with Crippen molar-refractivity contribution in [3.63, 3.8) is 0 Å². The summed E-state index contributed by atoms with van der Waals surface area (Å²) in [6.07, 6.45) is 0. The quantitative estimate of drug-likeness (QED) is 0.548. The largest absolute Gasteiger partial charge is 0.506 e. The fraction of sp³-hybridized carbons (Fsp3) is 0. The molecule has 1 aliphatic rings. The lowest BCUT2D eigenvalue weighted by atomic mass is 10.3. The molecule has 0 saturated heterocycles. The van der Waals surface area contributed by atoms with E-state index < -0.39 is 0 Å². The van der Waals surface area contributed by atoms with Crippen LogP contribution in [0, 0.1) is 5.82 Å². The minimum absolute atomic E-state index is 0.0494. The second-order valence-corrected chi connectivity index (χ2v) is 5.33. The number of aromatic hydroxyl groups is 1. The zero-order chi connectivity index (χ0) is 14.1. The Kier molecular flexibility index (Phi) is 3.42. The molecule has 0 fully saturated rings. The lowest BCUT2D eigenvalue weighted by molar-refractivity contribution is 0.476. The van der Waals surface area contributed by atoms with Crippen LogP contribution in [0.15, 0.2) is 45.7 Å². The minimum atomic E-state index is -0.305. The predicted molar refractivity (Wildman–Crippen MR) is 80.1 cm³/mol.